The summed E-state index contributed by atoms with van der Waals surface area (Å²) in [6.07, 6.45) is 1.10. The van der Waals surface area contributed by atoms with E-state index in [9.17, 15) is 15.0 Å². The first kappa shape index (κ1) is 17.9. The first-order valence-corrected chi connectivity index (χ1v) is 7.47. The van der Waals surface area contributed by atoms with E-state index in [1.807, 2.05) is 13.8 Å². The monoisotopic (exact) mass is 312 g/mol. The highest BCUT2D eigenvalue weighted by Gasteiger charge is 2.27. The molecule has 22 heavy (non-hydrogen) atoms. The number of phenolic OH excluding ortho intramolecular Hbond substituents is 2. The minimum atomic E-state index is -0.768. The van der Waals surface area contributed by atoms with E-state index in [0.717, 1.165) is 6.42 Å². The standard InChI is InChI=1S/C16H24O6/c1-5-7-20-12-9-11(17)14(18)13(15(12)21-8-6-2)16(19)22-10(3)4/h9-10,17-18H,5-8H2,1-4H3. The number of hydrogen-bond acceptors (Lipinski definition) is 6. The maximum atomic E-state index is 12.2. The van der Waals surface area contributed by atoms with Gasteiger partial charge in [0.1, 0.15) is 0 Å². The molecule has 0 bridgehead atoms. The van der Waals surface area contributed by atoms with Gasteiger partial charge in [0.25, 0.3) is 0 Å². The highest BCUT2D eigenvalue weighted by molar-refractivity contribution is 5.97. The van der Waals surface area contributed by atoms with Gasteiger partial charge >= 0.3 is 5.97 Å². The largest absolute Gasteiger partial charge is 0.504 e. The SMILES string of the molecule is CCCOc1cc(O)c(O)c(C(=O)OC(C)C)c1OCCC. The molecule has 0 aliphatic carbocycles. The minimum absolute atomic E-state index is 0.0938. The molecule has 0 atom stereocenters. The van der Waals surface area contributed by atoms with Crippen LogP contribution in [0, 0.1) is 0 Å². The molecule has 0 fully saturated rings. The van der Waals surface area contributed by atoms with Gasteiger partial charge < -0.3 is 24.4 Å². The average molecular weight is 312 g/mol. The van der Waals surface area contributed by atoms with Crippen LogP contribution in [0.3, 0.4) is 0 Å². The number of carbonyl (C=O) groups is 1. The summed E-state index contributed by atoms with van der Waals surface area (Å²) < 4.78 is 16.2. The Morgan fingerprint density at radius 2 is 1.73 bits per heavy atom. The Labute approximate surface area is 130 Å². The second-order valence-corrected chi connectivity index (χ2v) is 5.10. The highest BCUT2D eigenvalue weighted by Crippen LogP contribution is 2.44. The van der Waals surface area contributed by atoms with Crippen LogP contribution < -0.4 is 9.47 Å². The van der Waals surface area contributed by atoms with Gasteiger partial charge in [-0.05, 0) is 26.7 Å². The van der Waals surface area contributed by atoms with Crippen LogP contribution in [0.15, 0.2) is 6.07 Å². The zero-order chi connectivity index (χ0) is 16.7. The Bertz CT molecular complexity index is 510. The van der Waals surface area contributed by atoms with E-state index >= 15 is 0 Å². The Balaban J connectivity index is 3.34. The number of aromatic hydroxyl groups is 2. The Hall–Kier alpha value is -2.11. The van der Waals surface area contributed by atoms with E-state index in [0.29, 0.717) is 19.6 Å². The first-order chi connectivity index (χ1) is 10.4. The molecule has 0 radical (unpaired) electrons. The summed E-state index contributed by atoms with van der Waals surface area (Å²) in [4.78, 5) is 12.2. The molecule has 0 amide bonds. The highest BCUT2D eigenvalue weighted by atomic mass is 16.5. The van der Waals surface area contributed by atoms with Crippen molar-refractivity contribution in [3.8, 4) is 23.0 Å². The molecule has 0 saturated carbocycles. The van der Waals surface area contributed by atoms with E-state index in [2.05, 4.69) is 0 Å². The van der Waals surface area contributed by atoms with Crippen molar-refractivity contribution in [1.29, 1.82) is 0 Å². The third kappa shape index (κ3) is 4.44. The fourth-order valence-electron chi connectivity index (χ4n) is 1.75. The molecule has 6 nitrogen and oxygen atoms in total. The maximum absolute atomic E-state index is 12.2. The summed E-state index contributed by atoms with van der Waals surface area (Å²) in [5, 5.41) is 19.8. The van der Waals surface area contributed by atoms with Crippen molar-refractivity contribution < 1.29 is 29.2 Å². The van der Waals surface area contributed by atoms with E-state index in [4.69, 9.17) is 14.2 Å². The molecule has 1 rings (SSSR count). The summed E-state index contributed by atoms with van der Waals surface area (Å²) in [5.41, 5.74) is -0.215. The molecule has 0 aromatic heterocycles. The van der Waals surface area contributed by atoms with Crippen molar-refractivity contribution in [2.75, 3.05) is 13.2 Å². The molecule has 0 aliphatic heterocycles. The van der Waals surface area contributed by atoms with Crippen molar-refractivity contribution in [2.45, 2.75) is 46.6 Å². The predicted molar refractivity (Wildman–Crippen MR) is 81.9 cm³/mol. The van der Waals surface area contributed by atoms with Gasteiger partial charge in [-0.2, -0.15) is 0 Å². The first-order valence-electron chi connectivity index (χ1n) is 7.47. The van der Waals surface area contributed by atoms with Crippen LogP contribution in [0.25, 0.3) is 0 Å². The summed E-state index contributed by atoms with van der Waals surface area (Å²) in [6, 6.07) is 1.24. The molecule has 0 saturated heterocycles. The molecule has 2 N–H and O–H groups in total. The van der Waals surface area contributed by atoms with Crippen molar-refractivity contribution in [3.63, 3.8) is 0 Å². The van der Waals surface area contributed by atoms with Gasteiger partial charge in [0, 0.05) is 6.07 Å². The quantitative estimate of drug-likeness (QED) is 0.566. The lowest BCUT2D eigenvalue weighted by molar-refractivity contribution is 0.0368. The molecule has 1 aromatic rings. The normalized spacial score (nSPS) is 10.6. The third-order valence-corrected chi connectivity index (χ3v) is 2.66. The van der Waals surface area contributed by atoms with E-state index in [1.54, 1.807) is 13.8 Å². The van der Waals surface area contributed by atoms with Gasteiger partial charge in [-0.3, -0.25) is 0 Å². The molecule has 0 unspecified atom stereocenters. The van der Waals surface area contributed by atoms with Gasteiger partial charge in [-0.1, -0.05) is 13.8 Å². The molecule has 0 heterocycles. The van der Waals surface area contributed by atoms with E-state index < -0.39 is 17.5 Å². The number of esters is 1. The van der Waals surface area contributed by atoms with Crippen LogP contribution in [0.4, 0.5) is 0 Å². The number of ether oxygens (including phenoxy) is 3. The lowest BCUT2D eigenvalue weighted by Gasteiger charge is -2.18. The second kappa shape index (κ2) is 8.36. The van der Waals surface area contributed by atoms with Crippen molar-refractivity contribution in [2.24, 2.45) is 0 Å². The van der Waals surface area contributed by atoms with Crippen LogP contribution in [0.1, 0.15) is 50.9 Å². The topological polar surface area (TPSA) is 85.2 Å². The summed E-state index contributed by atoms with van der Waals surface area (Å²) >= 11 is 0. The molecule has 124 valence electrons. The number of hydrogen-bond donors (Lipinski definition) is 2. The van der Waals surface area contributed by atoms with Gasteiger partial charge in [-0.15, -0.1) is 0 Å². The number of carbonyl (C=O) groups excluding carboxylic acids is 1. The average Bonchev–Trinajstić information content (AvgIpc) is 2.45. The Morgan fingerprint density at radius 1 is 1.14 bits per heavy atom. The summed E-state index contributed by atoms with van der Waals surface area (Å²) in [7, 11) is 0. The second-order valence-electron chi connectivity index (χ2n) is 5.10. The number of benzene rings is 1. The smallest absolute Gasteiger partial charge is 0.346 e. The summed E-state index contributed by atoms with van der Waals surface area (Å²) in [5.74, 6) is -1.49. The van der Waals surface area contributed by atoms with Gasteiger partial charge in [0.2, 0.25) is 0 Å². The van der Waals surface area contributed by atoms with Crippen LogP contribution in [0.2, 0.25) is 0 Å². The van der Waals surface area contributed by atoms with Crippen LogP contribution in [0.5, 0.6) is 23.0 Å². The predicted octanol–water partition coefficient (Wildman–Crippen LogP) is 3.24. The Morgan fingerprint density at radius 3 is 2.27 bits per heavy atom. The van der Waals surface area contributed by atoms with Crippen LogP contribution in [-0.2, 0) is 4.74 Å². The lowest BCUT2D eigenvalue weighted by Crippen LogP contribution is -2.14. The fraction of sp³-hybridized carbons (Fsp3) is 0.562. The zero-order valence-corrected chi connectivity index (χ0v) is 13.5. The van der Waals surface area contributed by atoms with E-state index in [-0.39, 0.29) is 23.2 Å². The fourth-order valence-corrected chi connectivity index (χ4v) is 1.75. The lowest BCUT2D eigenvalue weighted by atomic mass is 10.1. The zero-order valence-electron chi connectivity index (χ0n) is 13.5. The van der Waals surface area contributed by atoms with E-state index in [1.165, 1.54) is 6.07 Å². The molecule has 1 aromatic carbocycles. The van der Waals surface area contributed by atoms with Gasteiger partial charge in [0.15, 0.2) is 28.6 Å². The van der Waals surface area contributed by atoms with Crippen molar-refractivity contribution >= 4 is 5.97 Å². The van der Waals surface area contributed by atoms with Crippen LogP contribution >= 0.6 is 0 Å². The molecule has 6 heteroatoms. The minimum Gasteiger partial charge on any atom is -0.504 e. The van der Waals surface area contributed by atoms with Crippen molar-refractivity contribution in [3.05, 3.63) is 11.6 Å². The van der Waals surface area contributed by atoms with Gasteiger partial charge in [0.05, 0.1) is 19.3 Å². The summed E-state index contributed by atoms with van der Waals surface area (Å²) in [6.45, 7) is 7.97. The van der Waals surface area contributed by atoms with Gasteiger partial charge in [-0.25, -0.2) is 4.79 Å². The third-order valence-electron chi connectivity index (χ3n) is 2.66. The molecule has 0 spiro atoms. The number of rotatable bonds is 8. The van der Waals surface area contributed by atoms with Crippen LogP contribution in [-0.4, -0.2) is 35.5 Å². The maximum Gasteiger partial charge on any atom is 0.346 e. The molecular weight excluding hydrogens is 288 g/mol. The Kier molecular flexibility index (Phi) is 6.82. The number of phenols is 2. The molecular formula is C16H24O6. The van der Waals surface area contributed by atoms with Crippen molar-refractivity contribution in [1.82, 2.24) is 0 Å². The molecule has 0 aliphatic rings.